The minimum atomic E-state index is -0.879. The number of halogens is 1. The highest BCUT2D eigenvalue weighted by atomic mass is 35.5. The zero-order chi connectivity index (χ0) is 18.4. The largest absolute Gasteiger partial charge is 0.493 e. The standard InChI is InChI=1S/C17H20N2O6.ClH/c1-24-14-8-11(2-4-13(14)25-10-15(18)20)3-5-16(21)19-7-6-12(9-19)17(22)23;/h2-5,8,12H,6-7,9-10H2,1H3,(H2,18,20)(H,22,23);1H/b5-3+;. The summed E-state index contributed by atoms with van der Waals surface area (Å²) in [6.45, 7) is 0.398. The lowest BCUT2D eigenvalue weighted by molar-refractivity contribution is -0.141. The average molecular weight is 385 g/mol. The van der Waals surface area contributed by atoms with Crippen LogP contribution in [0.4, 0.5) is 0 Å². The van der Waals surface area contributed by atoms with E-state index in [1.54, 1.807) is 24.3 Å². The summed E-state index contributed by atoms with van der Waals surface area (Å²) in [6, 6.07) is 4.97. The van der Waals surface area contributed by atoms with E-state index in [0.717, 1.165) is 0 Å². The van der Waals surface area contributed by atoms with Crippen molar-refractivity contribution >= 4 is 36.3 Å². The lowest BCUT2D eigenvalue weighted by Gasteiger charge is -2.13. The van der Waals surface area contributed by atoms with Gasteiger partial charge in [-0.05, 0) is 30.2 Å². The number of carboxylic acids is 1. The highest BCUT2D eigenvalue weighted by Crippen LogP contribution is 2.28. The van der Waals surface area contributed by atoms with Crippen molar-refractivity contribution in [2.75, 3.05) is 26.8 Å². The Kier molecular flexibility index (Phi) is 7.92. The number of aliphatic carboxylic acids is 1. The first-order valence-electron chi connectivity index (χ1n) is 7.69. The highest BCUT2D eigenvalue weighted by molar-refractivity contribution is 5.92. The molecule has 9 heteroatoms. The molecule has 0 aromatic heterocycles. The molecule has 1 heterocycles. The third-order valence-corrected chi connectivity index (χ3v) is 3.83. The van der Waals surface area contributed by atoms with E-state index in [1.165, 1.54) is 18.1 Å². The van der Waals surface area contributed by atoms with Gasteiger partial charge in [0.2, 0.25) is 5.91 Å². The Bertz CT molecular complexity index is 706. The third kappa shape index (κ3) is 5.66. The molecule has 1 saturated heterocycles. The zero-order valence-corrected chi connectivity index (χ0v) is 15.0. The number of hydrogen-bond acceptors (Lipinski definition) is 5. The van der Waals surface area contributed by atoms with Crippen LogP contribution in [0.25, 0.3) is 6.08 Å². The minimum absolute atomic E-state index is 0. The van der Waals surface area contributed by atoms with Crippen LogP contribution in [0.5, 0.6) is 11.5 Å². The summed E-state index contributed by atoms with van der Waals surface area (Å²) < 4.78 is 10.4. The molecule has 26 heavy (non-hydrogen) atoms. The van der Waals surface area contributed by atoms with Gasteiger partial charge < -0.3 is 25.2 Å². The van der Waals surface area contributed by atoms with E-state index in [-0.39, 0.29) is 31.5 Å². The first-order chi connectivity index (χ1) is 11.9. The van der Waals surface area contributed by atoms with Crippen LogP contribution in [0.3, 0.4) is 0 Å². The number of ether oxygens (including phenoxy) is 2. The molecule has 1 aromatic rings. The fourth-order valence-electron chi connectivity index (χ4n) is 2.49. The summed E-state index contributed by atoms with van der Waals surface area (Å²) in [5.74, 6) is -1.44. The maximum atomic E-state index is 12.1. The summed E-state index contributed by atoms with van der Waals surface area (Å²) in [5.41, 5.74) is 5.74. The van der Waals surface area contributed by atoms with Crippen LogP contribution in [0, 0.1) is 5.92 Å². The second kappa shape index (κ2) is 9.67. The van der Waals surface area contributed by atoms with Crippen LogP contribution in [0.15, 0.2) is 24.3 Å². The molecule has 1 atom stereocenters. The Hall–Kier alpha value is -2.74. The van der Waals surface area contributed by atoms with Crippen molar-refractivity contribution in [1.82, 2.24) is 4.90 Å². The Morgan fingerprint density at radius 1 is 1.35 bits per heavy atom. The first kappa shape index (κ1) is 21.3. The highest BCUT2D eigenvalue weighted by Gasteiger charge is 2.29. The molecule has 0 aliphatic carbocycles. The van der Waals surface area contributed by atoms with Gasteiger partial charge in [-0.1, -0.05) is 6.07 Å². The summed E-state index contributed by atoms with van der Waals surface area (Å²) in [6.07, 6.45) is 3.47. The number of hydrogen-bond donors (Lipinski definition) is 2. The fourth-order valence-corrected chi connectivity index (χ4v) is 2.49. The molecule has 2 rings (SSSR count). The molecule has 0 radical (unpaired) electrons. The number of carbonyl (C=O) groups is 3. The number of nitrogens with two attached hydrogens (primary N) is 1. The van der Waals surface area contributed by atoms with Crippen LogP contribution >= 0.6 is 12.4 Å². The van der Waals surface area contributed by atoms with Gasteiger partial charge in [-0.25, -0.2) is 0 Å². The Labute approximate surface area is 157 Å². The van der Waals surface area contributed by atoms with Crippen LogP contribution in [0.2, 0.25) is 0 Å². The molecule has 2 amide bonds. The molecule has 0 bridgehead atoms. The zero-order valence-electron chi connectivity index (χ0n) is 14.2. The van der Waals surface area contributed by atoms with E-state index in [0.29, 0.717) is 30.0 Å². The van der Waals surface area contributed by atoms with Crippen molar-refractivity contribution in [2.45, 2.75) is 6.42 Å². The molecule has 0 saturated carbocycles. The van der Waals surface area contributed by atoms with E-state index in [4.69, 9.17) is 20.3 Å². The van der Waals surface area contributed by atoms with E-state index < -0.39 is 17.8 Å². The summed E-state index contributed by atoms with van der Waals surface area (Å²) in [7, 11) is 1.46. The quantitative estimate of drug-likeness (QED) is 0.675. The van der Waals surface area contributed by atoms with E-state index in [9.17, 15) is 14.4 Å². The second-order valence-electron chi connectivity index (χ2n) is 5.61. The number of carboxylic acid groups (broad SMARTS) is 1. The second-order valence-corrected chi connectivity index (χ2v) is 5.61. The van der Waals surface area contributed by atoms with Crippen molar-refractivity contribution < 1.29 is 29.0 Å². The monoisotopic (exact) mass is 384 g/mol. The maximum absolute atomic E-state index is 12.1. The van der Waals surface area contributed by atoms with Gasteiger partial charge in [-0.15, -0.1) is 12.4 Å². The van der Waals surface area contributed by atoms with Crippen molar-refractivity contribution in [3.63, 3.8) is 0 Å². The summed E-state index contributed by atoms with van der Waals surface area (Å²) in [4.78, 5) is 35.3. The number of methoxy groups -OCH3 is 1. The van der Waals surface area contributed by atoms with Crippen LogP contribution in [-0.2, 0) is 14.4 Å². The summed E-state index contributed by atoms with van der Waals surface area (Å²) in [5, 5.41) is 8.97. The number of amides is 2. The van der Waals surface area contributed by atoms with Crippen molar-refractivity contribution in [1.29, 1.82) is 0 Å². The predicted octanol–water partition coefficient (Wildman–Crippen LogP) is 0.927. The van der Waals surface area contributed by atoms with Gasteiger partial charge in [0, 0.05) is 19.2 Å². The third-order valence-electron chi connectivity index (χ3n) is 3.83. The van der Waals surface area contributed by atoms with Gasteiger partial charge in [0.25, 0.3) is 5.91 Å². The van der Waals surface area contributed by atoms with Crippen molar-refractivity contribution in [2.24, 2.45) is 11.7 Å². The van der Waals surface area contributed by atoms with Crippen molar-refractivity contribution in [3.05, 3.63) is 29.8 Å². The molecule has 1 aliphatic heterocycles. The molecule has 3 N–H and O–H groups in total. The number of benzene rings is 1. The lowest BCUT2D eigenvalue weighted by Crippen LogP contribution is -2.28. The predicted molar refractivity (Wildman–Crippen MR) is 96.3 cm³/mol. The lowest BCUT2D eigenvalue weighted by atomic mass is 10.1. The number of likely N-dealkylation sites (tertiary alicyclic amines) is 1. The van der Waals surface area contributed by atoms with Gasteiger partial charge in [-0.3, -0.25) is 14.4 Å². The molecule has 1 aromatic carbocycles. The van der Waals surface area contributed by atoms with Crippen molar-refractivity contribution in [3.8, 4) is 11.5 Å². The van der Waals surface area contributed by atoms with Crippen LogP contribution in [-0.4, -0.2) is 54.6 Å². The summed E-state index contributed by atoms with van der Waals surface area (Å²) >= 11 is 0. The molecule has 0 spiro atoms. The molecule has 1 aliphatic rings. The van der Waals surface area contributed by atoms with Crippen LogP contribution < -0.4 is 15.2 Å². The molecule has 142 valence electrons. The Morgan fingerprint density at radius 2 is 2.08 bits per heavy atom. The topological polar surface area (TPSA) is 119 Å². The normalized spacial score (nSPS) is 16.2. The number of primary amides is 1. The van der Waals surface area contributed by atoms with Gasteiger partial charge in [-0.2, -0.15) is 0 Å². The Balaban J connectivity index is 0.00000338. The van der Waals surface area contributed by atoms with E-state index in [1.807, 2.05) is 0 Å². The number of nitrogens with zero attached hydrogens (tertiary/aromatic N) is 1. The van der Waals surface area contributed by atoms with Gasteiger partial charge >= 0.3 is 5.97 Å². The SMILES string of the molecule is COc1cc(/C=C/C(=O)N2CCC(C(=O)O)C2)ccc1OCC(N)=O.Cl. The smallest absolute Gasteiger partial charge is 0.308 e. The maximum Gasteiger partial charge on any atom is 0.308 e. The average Bonchev–Trinajstić information content (AvgIpc) is 3.08. The van der Waals surface area contributed by atoms with Gasteiger partial charge in [0.1, 0.15) is 0 Å². The fraction of sp³-hybridized carbons (Fsp3) is 0.353. The Morgan fingerprint density at radius 3 is 2.65 bits per heavy atom. The molecule has 1 unspecified atom stereocenters. The van der Waals surface area contributed by atoms with E-state index in [2.05, 4.69) is 0 Å². The van der Waals surface area contributed by atoms with E-state index >= 15 is 0 Å². The van der Waals surface area contributed by atoms with Crippen LogP contribution in [0.1, 0.15) is 12.0 Å². The number of carbonyl (C=O) groups excluding carboxylic acids is 2. The van der Waals surface area contributed by atoms with Gasteiger partial charge in [0.05, 0.1) is 13.0 Å². The molecule has 1 fully saturated rings. The minimum Gasteiger partial charge on any atom is -0.493 e. The van der Waals surface area contributed by atoms with Gasteiger partial charge in [0.15, 0.2) is 18.1 Å². The molecular weight excluding hydrogens is 364 g/mol. The molecule has 8 nitrogen and oxygen atoms in total. The first-order valence-corrected chi connectivity index (χ1v) is 7.69. The molecular formula is C17H21ClN2O6. The number of rotatable bonds is 7.